The average molecular weight is 264 g/mol. The lowest BCUT2D eigenvalue weighted by Crippen LogP contribution is -2.20. The Labute approximate surface area is 112 Å². The Morgan fingerprint density at radius 2 is 2.11 bits per heavy atom. The van der Waals surface area contributed by atoms with Crippen LogP contribution in [0, 0.1) is 18.2 Å². The second-order valence-electron chi connectivity index (χ2n) is 4.35. The minimum Gasteiger partial charge on any atom is -0.491 e. The Kier molecular flexibility index (Phi) is 5.20. The molecule has 1 unspecified atom stereocenters. The number of benzene rings is 1. The van der Waals surface area contributed by atoms with Crippen molar-refractivity contribution in [3.8, 4) is 18.1 Å². The predicted octanol–water partition coefficient (Wildman–Crippen LogP) is 2.75. The normalized spacial score (nSPS) is 22.1. The third-order valence-electron chi connectivity index (χ3n) is 2.87. The first kappa shape index (κ1) is 13.9. The van der Waals surface area contributed by atoms with Crippen LogP contribution < -0.4 is 4.74 Å². The number of hydrogen-bond acceptors (Lipinski definition) is 3. The number of rotatable bonds is 6. The molecule has 2 atom stereocenters. The third kappa shape index (κ3) is 4.55. The minimum absolute atomic E-state index is 0.0147. The maximum Gasteiger partial charge on any atom is 0.158 e. The van der Waals surface area contributed by atoms with Crippen molar-refractivity contribution in [2.45, 2.75) is 31.7 Å². The van der Waals surface area contributed by atoms with E-state index in [2.05, 4.69) is 5.92 Å². The maximum atomic E-state index is 12.7. The number of ether oxygens (including phenoxy) is 3. The standard InChI is InChI=1S/C15H17FO3/c1-2-3-10-17-15-9-8-14(19-15)11-18-13-6-4-12(16)5-7-13/h1,4-7,14-15H,3,8-11H2/t14-,15?/m0/s1. The van der Waals surface area contributed by atoms with Crippen LogP contribution in [-0.4, -0.2) is 25.6 Å². The number of terminal acetylenes is 1. The third-order valence-corrected chi connectivity index (χ3v) is 2.87. The molecule has 0 amide bonds. The van der Waals surface area contributed by atoms with Crippen molar-refractivity contribution in [3.63, 3.8) is 0 Å². The van der Waals surface area contributed by atoms with Gasteiger partial charge in [0.1, 0.15) is 18.2 Å². The van der Waals surface area contributed by atoms with Gasteiger partial charge in [-0.25, -0.2) is 4.39 Å². The largest absolute Gasteiger partial charge is 0.491 e. The van der Waals surface area contributed by atoms with Gasteiger partial charge in [0.05, 0.1) is 12.7 Å². The number of halogens is 1. The van der Waals surface area contributed by atoms with E-state index in [-0.39, 0.29) is 18.2 Å². The van der Waals surface area contributed by atoms with Crippen LogP contribution in [0.3, 0.4) is 0 Å². The van der Waals surface area contributed by atoms with Gasteiger partial charge in [-0.1, -0.05) is 0 Å². The molecule has 1 saturated heterocycles. The second-order valence-corrected chi connectivity index (χ2v) is 4.35. The van der Waals surface area contributed by atoms with Crippen LogP contribution in [0.1, 0.15) is 19.3 Å². The van der Waals surface area contributed by atoms with E-state index in [4.69, 9.17) is 20.6 Å². The molecule has 1 fully saturated rings. The van der Waals surface area contributed by atoms with E-state index in [1.165, 1.54) is 12.1 Å². The smallest absolute Gasteiger partial charge is 0.158 e. The zero-order valence-corrected chi connectivity index (χ0v) is 10.7. The van der Waals surface area contributed by atoms with Crippen LogP contribution in [0.25, 0.3) is 0 Å². The second kappa shape index (κ2) is 7.13. The Bertz CT molecular complexity index is 424. The Hall–Kier alpha value is -1.57. The lowest BCUT2D eigenvalue weighted by atomic mass is 10.2. The summed E-state index contributed by atoms with van der Waals surface area (Å²) in [5, 5.41) is 0. The first-order valence-corrected chi connectivity index (χ1v) is 6.37. The quantitative estimate of drug-likeness (QED) is 0.584. The molecule has 0 aromatic heterocycles. The highest BCUT2D eigenvalue weighted by atomic mass is 19.1. The molecule has 1 aliphatic heterocycles. The van der Waals surface area contributed by atoms with Crippen LogP contribution in [0.4, 0.5) is 4.39 Å². The Morgan fingerprint density at radius 1 is 1.32 bits per heavy atom. The van der Waals surface area contributed by atoms with Gasteiger partial charge < -0.3 is 14.2 Å². The molecular formula is C15H17FO3. The van der Waals surface area contributed by atoms with Crippen molar-refractivity contribution in [3.05, 3.63) is 30.1 Å². The molecule has 0 N–H and O–H groups in total. The van der Waals surface area contributed by atoms with E-state index < -0.39 is 0 Å². The average Bonchev–Trinajstić information content (AvgIpc) is 2.86. The molecule has 102 valence electrons. The zero-order chi connectivity index (χ0) is 13.5. The van der Waals surface area contributed by atoms with E-state index in [0.717, 1.165) is 12.8 Å². The zero-order valence-electron chi connectivity index (χ0n) is 10.7. The lowest BCUT2D eigenvalue weighted by Gasteiger charge is -2.14. The molecule has 1 heterocycles. The van der Waals surface area contributed by atoms with E-state index in [0.29, 0.717) is 25.4 Å². The van der Waals surface area contributed by atoms with Gasteiger partial charge in [0.15, 0.2) is 6.29 Å². The summed E-state index contributed by atoms with van der Waals surface area (Å²) in [6.07, 6.45) is 7.31. The van der Waals surface area contributed by atoms with Gasteiger partial charge >= 0.3 is 0 Å². The van der Waals surface area contributed by atoms with E-state index in [1.807, 2.05) is 0 Å². The summed E-state index contributed by atoms with van der Waals surface area (Å²) < 4.78 is 29.4. The van der Waals surface area contributed by atoms with Gasteiger partial charge in [0, 0.05) is 12.8 Å². The molecule has 19 heavy (non-hydrogen) atoms. The van der Waals surface area contributed by atoms with Gasteiger partial charge in [-0.2, -0.15) is 0 Å². The summed E-state index contributed by atoms with van der Waals surface area (Å²) in [6, 6.07) is 5.95. The van der Waals surface area contributed by atoms with Gasteiger partial charge in [0.2, 0.25) is 0 Å². The number of hydrogen-bond donors (Lipinski definition) is 0. The summed E-state index contributed by atoms with van der Waals surface area (Å²) in [5.74, 6) is 2.89. The van der Waals surface area contributed by atoms with Crippen LogP contribution >= 0.6 is 0 Å². The van der Waals surface area contributed by atoms with Gasteiger partial charge in [0.25, 0.3) is 0 Å². The van der Waals surface area contributed by atoms with Crippen LogP contribution in [0.2, 0.25) is 0 Å². The van der Waals surface area contributed by atoms with Crippen molar-refractivity contribution in [2.75, 3.05) is 13.2 Å². The van der Waals surface area contributed by atoms with E-state index >= 15 is 0 Å². The SMILES string of the molecule is C#CCCOC1CC[C@@H](COc2ccc(F)cc2)O1. The fourth-order valence-electron chi connectivity index (χ4n) is 1.89. The summed E-state index contributed by atoms with van der Waals surface area (Å²) in [4.78, 5) is 0. The maximum absolute atomic E-state index is 12.7. The molecule has 1 aromatic carbocycles. The van der Waals surface area contributed by atoms with Crippen molar-refractivity contribution in [2.24, 2.45) is 0 Å². The molecule has 0 saturated carbocycles. The van der Waals surface area contributed by atoms with Gasteiger partial charge in [-0.05, 0) is 30.7 Å². The predicted molar refractivity (Wildman–Crippen MR) is 69.2 cm³/mol. The van der Waals surface area contributed by atoms with Crippen molar-refractivity contribution in [1.29, 1.82) is 0 Å². The molecule has 0 bridgehead atoms. The van der Waals surface area contributed by atoms with Crippen molar-refractivity contribution in [1.82, 2.24) is 0 Å². The van der Waals surface area contributed by atoms with Crippen LogP contribution in [0.5, 0.6) is 5.75 Å². The van der Waals surface area contributed by atoms with E-state index in [1.54, 1.807) is 12.1 Å². The van der Waals surface area contributed by atoms with E-state index in [9.17, 15) is 4.39 Å². The Balaban J connectivity index is 1.67. The highest BCUT2D eigenvalue weighted by Crippen LogP contribution is 2.22. The molecule has 1 aliphatic rings. The van der Waals surface area contributed by atoms with Gasteiger partial charge in [-0.15, -0.1) is 12.3 Å². The molecule has 0 radical (unpaired) electrons. The summed E-state index contributed by atoms with van der Waals surface area (Å²) in [6.45, 7) is 0.966. The Morgan fingerprint density at radius 3 is 2.84 bits per heavy atom. The molecule has 4 heteroatoms. The highest BCUT2D eigenvalue weighted by Gasteiger charge is 2.26. The molecule has 1 aromatic rings. The summed E-state index contributed by atoms with van der Waals surface area (Å²) in [7, 11) is 0. The minimum atomic E-state index is -0.272. The topological polar surface area (TPSA) is 27.7 Å². The first-order chi connectivity index (χ1) is 9.28. The first-order valence-electron chi connectivity index (χ1n) is 6.37. The molecular weight excluding hydrogens is 247 g/mol. The molecule has 2 rings (SSSR count). The fourth-order valence-corrected chi connectivity index (χ4v) is 1.89. The molecule has 0 aliphatic carbocycles. The summed E-state index contributed by atoms with van der Waals surface area (Å²) >= 11 is 0. The fraction of sp³-hybridized carbons (Fsp3) is 0.467. The van der Waals surface area contributed by atoms with Crippen LogP contribution in [-0.2, 0) is 9.47 Å². The lowest BCUT2D eigenvalue weighted by molar-refractivity contribution is -0.137. The molecule has 0 spiro atoms. The van der Waals surface area contributed by atoms with Crippen molar-refractivity contribution < 1.29 is 18.6 Å². The van der Waals surface area contributed by atoms with Crippen LogP contribution in [0.15, 0.2) is 24.3 Å². The van der Waals surface area contributed by atoms with Crippen molar-refractivity contribution >= 4 is 0 Å². The summed E-state index contributed by atoms with van der Waals surface area (Å²) in [5.41, 5.74) is 0. The van der Waals surface area contributed by atoms with Gasteiger partial charge in [-0.3, -0.25) is 0 Å². The molecule has 3 nitrogen and oxygen atoms in total. The monoisotopic (exact) mass is 264 g/mol. The highest BCUT2D eigenvalue weighted by molar-refractivity contribution is 5.22.